The summed E-state index contributed by atoms with van der Waals surface area (Å²) >= 11 is 0. The molecule has 0 radical (unpaired) electrons. The number of ether oxygens (including phenoxy) is 1. The Morgan fingerprint density at radius 1 is 1.11 bits per heavy atom. The smallest absolute Gasteiger partial charge is 0.192 e. The van der Waals surface area contributed by atoms with Crippen LogP contribution in [0.15, 0.2) is 0 Å². The number of epoxide rings is 1. The van der Waals surface area contributed by atoms with Crippen LogP contribution in [0.5, 0.6) is 0 Å². The van der Waals surface area contributed by atoms with Gasteiger partial charge in [0, 0.05) is 6.61 Å². The first-order valence-electron chi connectivity index (χ1n) is 7.18. The molecule has 1 aliphatic heterocycles. The molecule has 0 bridgehead atoms. The standard InChI is InChI=1S/C14H30O3Si/c1-14(2,3)18(4,5)16-11-13-12(17-13)9-7-6-8-10-15/h12-13,15H,6-11H2,1-5H3. The highest BCUT2D eigenvalue weighted by Gasteiger charge is 2.42. The summed E-state index contributed by atoms with van der Waals surface area (Å²) in [5.41, 5.74) is 0. The zero-order chi connectivity index (χ0) is 13.8. The van der Waals surface area contributed by atoms with Gasteiger partial charge in [-0.2, -0.15) is 0 Å². The fraction of sp³-hybridized carbons (Fsp3) is 1.00. The normalized spacial score (nSPS) is 24.3. The second-order valence-corrected chi connectivity index (χ2v) is 11.7. The highest BCUT2D eigenvalue weighted by molar-refractivity contribution is 6.74. The van der Waals surface area contributed by atoms with Gasteiger partial charge in [0.2, 0.25) is 0 Å². The van der Waals surface area contributed by atoms with Crippen LogP contribution in [-0.4, -0.2) is 38.8 Å². The molecule has 1 fully saturated rings. The monoisotopic (exact) mass is 274 g/mol. The van der Waals surface area contributed by atoms with Gasteiger partial charge in [-0.3, -0.25) is 0 Å². The van der Waals surface area contributed by atoms with E-state index in [1.54, 1.807) is 0 Å². The van der Waals surface area contributed by atoms with Crippen molar-refractivity contribution in [3.8, 4) is 0 Å². The molecule has 0 aromatic heterocycles. The Morgan fingerprint density at radius 3 is 2.33 bits per heavy atom. The maximum atomic E-state index is 8.70. The van der Waals surface area contributed by atoms with E-state index >= 15 is 0 Å². The van der Waals surface area contributed by atoms with E-state index in [-0.39, 0.29) is 5.04 Å². The lowest BCUT2D eigenvalue weighted by Crippen LogP contribution is -2.41. The fourth-order valence-electron chi connectivity index (χ4n) is 1.72. The summed E-state index contributed by atoms with van der Waals surface area (Å²) in [4.78, 5) is 0. The Balaban J connectivity index is 2.12. The highest BCUT2D eigenvalue weighted by Crippen LogP contribution is 2.38. The van der Waals surface area contributed by atoms with E-state index in [9.17, 15) is 0 Å². The Morgan fingerprint density at radius 2 is 1.78 bits per heavy atom. The van der Waals surface area contributed by atoms with Crippen molar-refractivity contribution in [1.82, 2.24) is 0 Å². The molecular formula is C14H30O3Si. The lowest BCUT2D eigenvalue weighted by atomic mass is 10.1. The minimum atomic E-state index is -1.61. The molecule has 0 saturated carbocycles. The molecule has 4 heteroatoms. The molecule has 0 spiro atoms. The number of aliphatic hydroxyl groups is 1. The summed E-state index contributed by atoms with van der Waals surface area (Å²) < 4.78 is 11.8. The van der Waals surface area contributed by atoms with Crippen LogP contribution in [0, 0.1) is 0 Å². The predicted octanol–water partition coefficient (Wildman–Crippen LogP) is 3.33. The second-order valence-electron chi connectivity index (χ2n) is 6.86. The Bertz CT molecular complexity index is 248. The van der Waals surface area contributed by atoms with E-state index in [0.29, 0.717) is 18.8 Å². The van der Waals surface area contributed by atoms with Crippen molar-refractivity contribution in [1.29, 1.82) is 0 Å². The second kappa shape index (κ2) is 6.50. The highest BCUT2D eigenvalue weighted by atomic mass is 28.4. The zero-order valence-electron chi connectivity index (χ0n) is 12.7. The fourth-order valence-corrected chi connectivity index (χ4v) is 2.73. The van der Waals surface area contributed by atoms with Crippen LogP contribution in [0.2, 0.25) is 18.1 Å². The van der Waals surface area contributed by atoms with E-state index < -0.39 is 8.32 Å². The lowest BCUT2D eigenvalue weighted by Gasteiger charge is -2.36. The van der Waals surface area contributed by atoms with Crippen LogP contribution < -0.4 is 0 Å². The molecule has 2 atom stereocenters. The molecule has 1 saturated heterocycles. The van der Waals surface area contributed by atoms with Gasteiger partial charge in [0.15, 0.2) is 8.32 Å². The molecule has 0 aromatic rings. The molecule has 0 aromatic carbocycles. The third kappa shape index (κ3) is 5.00. The molecule has 1 heterocycles. The van der Waals surface area contributed by atoms with Gasteiger partial charge in [-0.1, -0.05) is 33.6 Å². The van der Waals surface area contributed by atoms with Gasteiger partial charge in [0.1, 0.15) is 6.10 Å². The van der Waals surface area contributed by atoms with Gasteiger partial charge in [-0.25, -0.2) is 0 Å². The summed E-state index contributed by atoms with van der Waals surface area (Å²) in [6.45, 7) is 12.4. The van der Waals surface area contributed by atoms with Gasteiger partial charge in [0.25, 0.3) is 0 Å². The van der Waals surface area contributed by atoms with Gasteiger partial charge in [-0.15, -0.1) is 0 Å². The molecule has 2 unspecified atom stereocenters. The summed E-state index contributed by atoms with van der Waals surface area (Å²) in [7, 11) is -1.61. The van der Waals surface area contributed by atoms with Crippen molar-refractivity contribution in [2.24, 2.45) is 0 Å². The Hall–Kier alpha value is 0.0969. The first kappa shape index (κ1) is 16.2. The largest absolute Gasteiger partial charge is 0.414 e. The van der Waals surface area contributed by atoms with Crippen LogP contribution in [0.1, 0.15) is 46.5 Å². The minimum Gasteiger partial charge on any atom is -0.414 e. The van der Waals surface area contributed by atoms with Gasteiger partial charge in [-0.05, 0) is 31.0 Å². The summed E-state index contributed by atoms with van der Waals surface area (Å²) in [5, 5.41) is 8.98. The third-order valence-corrected chi connectivity index (χ3v) is 8.75. The number of hydrogen-bond donors (Lipinski definition) is 1. The maximum Gasteiger partial charge on any atom is 0.192 e. The molecule has 18 heavy (non-hydrogen) atoms. The van der Waals surface area contributed by atoms with E-state index in [2.05, 4.69) is 33.9 Å². The molecule has 1 N–H and O–H groups in total. The van der Waals surface area contributed by atoms with E-state index in [4.69, 9.17) is 14.3 Å². The average Bonchev–Trinajstić information content (AvgIpc) is 2.99. The van der Waals surface area contributed by atoms with Crippen molar-refractivity contribution < 1.29 is 14.3 Å². The average molecular weight is 274 g/mol. The SMILES string of the molecule is CC(C)(C)[Si](C)(C)OCC1OC1CCCCCO. The topological polar surface area (TPSA) is 42.0 Å². The number of aliphatic hydroxyl groups excluding tert-OH is 1. The molecule has 108 valence electrons. The van der Waals surface area contributed by atoms with Gasteiger partial charge >= 0.3 is 0 Å². The maximum absolute atomic E-state index is 8.70. The first-order chi connectivity index (χ1) is 8.28. The van der Waals surface area contributed by atoms with Crippen LogP contribution >= 0.6 is 0 Å². The van der Waals surface area contributed by atoms with Crippen molar-refractivity contribution in [3.63, 3.8) is 0 Å². The van der Waals surface area contributed by atoms with Crippen LogP contribution in [-0.2, 0) is 9.16 Å². The van der Waals surface area contributed by atoms with Crippen molar-refractivity contribution in [2.45, 2.75) is 76.8 Å². The van der Waals surface area contributed by atoms with E-state index in [1.165, 1.54) is 0 Å². The van der Waals surface area contributed by atoms with Crippen molar-refractivity contribution in [3.05, 3.63) is 0 Å². The van der Waals surface area contributed by atoms with Gasteiger partial charge < -0.3 is 14.3 Å². The number of hydrogen-bond acceptors (Lipinski definition) is 3. The summed E-state index contributed by atoms with van der Waals surface area (Å²) in [5.74, 6) is 0. The van der Waals surface area contributed by atoms with Crippen LogP contribution in [0.4, 0.5) is 0 Å². The van der Waals surface area contributed by atoms with Crippen molar-refractivity contribution >= 4 is 8.32 Å². The molecule has 3 nitrogen and oxygen atoms in total. The van der Waals surface area contributed by atoms with Crippen LogP contribution in [0.25, 0.3) is 0 Å². The zero-order valence-corrected chi connectivity index (χ0v) is 13.7. The van der Waals surface area contributed by atoms with Crippen molar-refractivity contribution in [2.75, 3.05) is 13.2 Å². The lowest BCUT2D eigenvalue weighted by molar-refractivity contribution is 0.241. The van der Waals surface area contributed by atoms with Crippen LogP contribution in [0.3, 0.4) is 0 Å². The minimum absolute atomic E-state index is 0.276. The molecule has 0 amide bonds. The Kier molecular flexibility index (Phi) is 5.84. The predicted molar refractivity (Wildman–Crippen MR) is 77.4 cm³/mol. The quantitative estimate of drug-likeness (QED) is 0.419. The van der Waals surface area contributed by atoms with Gasteiger partial charge in [0.05, 0.1) is 12.7 Å². The summed E-state index contributed by atoms with van der Waals surface area (Å²) in [6.07, 6.45) is 5.03. The molecule has 1 rings (SSSR count). The van der Waals surface area contributed by atoms with E-state index in [1.807, 2.05) is 0 Å². The first-order valence-corrected chi connectivity index (χ1v) is 10.1. The third-order valence-electron chi connectivity index (χ3n) is 4.25. The molecule has 0 aliphatic carbocycles. The summed E-state index contributed by atoms with van der Waals surface area (Å²) in [6, 6.07) is 0. The van der Waals surface area contributed by atoms with E-state index in [0.717, 1.165) is 32.3 Å². The number of unbranched alkanes of at least 4 members (excludes halogenated alkanes) is 2. The Labute approximate surface area is 113 Å². The molecular weight excluding hydrogens is 244 g/mol. The molecule has 1 aliphatic rings. The number of rotatable bonds is 8.